The van der Waals surface area contributed by atoms with Gasteiger partial charge in [-0.25, -0.2) is 0 Å². The van der Waals surface area contributed by atoms with Gasteiger partial charge in [0.1, 0.15) is 36.6 Å². The maximum absolute atomic E-state index is 11.4. The number of ether oxygens (including phenoxy) is 18. The third kappa shape index (κ3) is 47.8. The van der Waals surface area contributed by atoms with Crippen LogP contribution in [0.25, 0.3) is 0 Å². The van der Waals surface area contributed by atoms with Gasteiger partial charge >= 0.3 is 0 Å². The zero-order valence-corrected chi connectivity index (χ0v) is 71.1. The van der Waals surface area contributed by atoms with E-state index in [0.717, 1.165) is 0 Å². The lowest BCUT2D eigenvalue weighted by Crippen LogP contribution is -2.51. The zero-order chi connectivity index (χ0) is 83.9. The van der Waals surface area contributed by atoms with Crippen molar-refractivity contribution in [3.05, 3.63) is 0 Å². The molecular weight excluding hydrogens is 1500 g/mol. The van der Waals surface area contributed by atoms with Gasteiger partial charge in [-0.15, -0.1) is 0 Å². The molecular formula is C78H158N6O30. The number of rotatable bonds is 76. The number of nitrogens with zero attached hydrogens (tertiary/aromatic N) is 6. The first kappa shape index (κ1) is 107. The second kappa shape index (κ2) is 63.5. The monoisotopic (exact) mass is 1660 g/mol. The summed E-state index contributed by atoms with van der Waals surface area (Å²) in [7, 11) is 9.02. The molecule has 3 fully saturated rings. The van der Waals surface area contributed by atoms with E-state index in [1.165, 1.54) is 42.7 Å². The molecule has 680 valence electrons. The van der Waals surface area contributed by atoms with Gasteiger partial charge < -0.3 is 147 Å². The predicted octanol–water partition coefficient (Wildman–Crippen LogP) is -4.17. The van der Waals surface area contributed by atoms with E-state index >= 15 is 0 Å². The molecule has 0 spiro atoms. The number of aliphatic hydroxyl groups is 12. The quantitative estimate of drug-likeness (QED) is 0.0275. The van der Waals surface area contributed by atoms with E-state index in [9.17, 15) is 61.3 Å². The molecule has 0 aromatic rings. The normalized spacial score (nSPS) is 21.1. The molecule has 12 unspecified atom stereocenters. The molecule has 0 aromatic carbocycles. The summed E-state index contributed by atoms with van der Waals surface area (Å²) in [6.45, 7) is 22.1. The molecule has 0 amide bonds. The molecule has 0 bridgehead atoms. The Morgan fingerprint density at radius 1 is 0.184 bits per heavy atom. The van der Waals surface area contributed by atoms with Crippen molar-refractivity contribution in [2.45, 2.75) is 127 Å². The highest BCUT2D eigenvalue weighted by Crippen LogP contribution is 2.29. The third-order valence-electron chi connectivity index (χ3n) is 21.0. The Kier molecular flexibility index (Phi) is 59.4. The van der Waals surface area contributed by atoms with Crippen LogP contribution in [0.5, 0.6) is 0 Å². The van der Waals surface area contributed by atoms with Gasteiger partial charge in [-0.2, -0.15) is 0 Å². The Morgan fingerprint density at radius 2 is 0.289 bits per heavy atom. The number of β-amino-alcohol motifs (C(OH)–C–C–N with tert-alkyl or cyclic N) is 6. The molecule has 3 aliphatic heterocycles. The molecule has 36 heteroatoms. The third-order valence-corrected chi connectivity index (χ3v) is 21.0. The lowest BCUT2D eigenvalue weighted by molar-refractivity contribution is -0.109. The van der Waals surface area contributed by atoms with Gasteiger partial charge in [0, 0.05) is 182 Å². The minimum atomic E-state index is -0.822. The summed E-state index contributed by atoms with van der Waals surface area (Å²) in [5, 5.41) is 129. The number of piperazine rings is 3. The van der Waals surface area contributed by atoms with E-state index in [2.05, 4.69) is 29.4 Å². The van der Waals surface area contributed by atoms with Crippen LogP contribution >= 0.6 is 0 Å². The van der Waals surface area contributed by atoms with Crippen molar-refractivity contribution in [1.82, 2.24) is 29.4 Å². The van der Waals surface area contributed by atoms with Gasteiger partial charge in [-0.05, 0) is 25.7 Å². The van der Waals surface area contributed by atoms with Crippen LogP contribution < -0.4 is 0 Å². The van der Waals surface area contributed by atoms with Crippen LogP contribution in [0.2, 0.25) is 0 Å². The molecule has 0 aliphatic carbocycles. The van der Waals surface area contributed by atoms with Crippen LogP contribution in [-0.4, -0.2) is 523 Å². The van der Waals surface area contributed by atoms with E-state index in [1.807, 2.05) is 27.7 Å². The zero-order valence-electron chi connectivity index (χ0n) is 71.1. The Morgan fingerprint density at radius 3 is 0.386 bits per heavy atom. The Balaban J connectivity index is 1.57. The summed E-state index contributed by atoms with van der Waals surface area (Å²) < 4.78 is 103. The van der Waals surface area contributed by atoms with Gasteiger partial charge in [0.05, 0.1) is 235 Å². The topological polar surface area (TPSA) is 428 Å². The summed E-state index contributed by atoms with van der Waals surface area (Å²) in [5.41, 5.74) is -2.55. The van der Waals surface area contributed by atoms with E-state index < -0.39 is 94.9 Å². The highest BCUT2D eigenvalue weighted by molar-refractivity contribution is 4.86. The van der Waals surface area contributed by atoms with Crippen LogP contribution in [0, 0.1) is 21.7 Å². The first-order valence-electron chi connectivity index (χ1n) is 41.2. The Hall–Kier alpha value is -1.44. The number of aliphatic hydroxyl groups excluding tert-OH is 12. The van der Waals surface area contributed by atoms with Crippen molar-refractivity contribution in [1.29, 1.82) is 0 Å². The van der Waals surface area contributed by atoms with Crippen molar-refractivity contribution in [3.63, 3.8) is 0 Å². The number of methoxy groups -OCH3 is 6. The van der Waals surface area contributed by atoms with Gasteiger partial charge in [0.15, 0.2) is 0 Å². The predicted molar refractivity (Wildman–Crippen MR) is 423 cm³/mol. The molecule has 0 saturated carbocycles. The van der Waals surface area contributed by atoms with Gasteiger partial charge in [-0.1, -0.05) is 27.7 Å². The van der Waals surface area contributed by atoms with Crippen LogP contribution in [0.1, 0.15) is 53.4 Å². The molecule has 0 radical (unpaired) electrons. The fraction of sp³-hybridized carbons (Fsp3) is 1.00. The number of hydrogen-bond donors (Lipinski definition) is 12. The molecule has 3 aliphatic rings. The standard InChI is InChI=1S/C78H158N6O30/c1-11-75(51-103-39-63(85)27-79-15-21-82(22-16-79)30-66(88)42-106-54-76(12-2,57-109-45-69(91)33-97-5)58-110-46-70(92)34-98-6,52-104-40-64(86)28-80-17-23-83(24-18-80)31-67(89)43-107-55-77(13-3,59-111-47-71(93)35-99-7)60-112-48-72(94)36-100-8)53-105-41-65(87)29-81-19-25-84(26-20-81)32-68(90)44-108-56-78(14-4,61-113-49-73(95)37-101-9)62-114-50-74(96)38-102-10/h63-74,85-96H,11-62H2,1-10H3. The molecule has 12 N–H and O–H groups in total. The number of hydrogen-bond acceptors (Lipinski definition) is 36. The van der Waals surface area contributed by atoms with Crippen molar-refractivity contribution in [3.8, 4) is 0 Å². The Bertz CT molecular complexity index is 1940. The first-order valence-corrected chi connectivity index (χ1v) is 41.2. The van der Waals surface area contributed by atoms with E-state index in [1.54, 1.807) is 0 Å². The molecule has 36 nitrogen and oxygen atoms in total. The summed E-state index contributed by atoms with van der Waals surface area (Å²) in [6, 6.07) is 0. The highest BCUT2D eigenvalue weighted by atomic mass is 16.6. The fourth-order valence-electron chi connectivity index (χ4n) is 13.7. The summed E-state index contributed by atoms with van der Waals surface area (Å²) in [5.74, 6) is 0. The van der Waals surface area contributed by atoms with Crippen LogP contribution in [0.4, 0.5) is 0 Å². The molecule has 3 heterocycles. The van der Waals surface area contributed by atoms with Gasteiger partial charge in [0.2, 0.25) is 0 Å². The van der Waals surface area contributed by atoms with E-state index in [4.69, 9.17) is 85.3 Å². The summed E-state index contributed by atoms with van der Waals surface area (Å²) in [6.07, 6.45) is -7.22. The van der Waals surface area contributed by atoms with Gasteiger partial charge in [0.25, 0.3) is 0 Å². The molecule has 3 saturated heterocycles. The van der Waals surface area contributed by atoms with Crippen LogP contribution in [0.3, 0.4) is 0 Å². The minimum absolute atomic E-state index is 0.0385. The average molecular weight is 1660 g/mol. The largest absolute Gasteiger partial charge is 0.389 e. The smallest absolute Gasteiger partial charge is 0.101 e. The highest BCUT2D eigenvalue weighted by Gasteiger charge is 2.37. The second-order valence-corrected chi connectivity index (χ2v) is 32.0. The fourth-order valence-corrected chi connectivity index (χ4v) is 13.7. The maximum atomic E-state index is 11.4. The van der Waals surface area contributed by atoms with Gasteiger partial charge in [-0.3, -0.25) is 29.4 Å². The maximum Gasteiger partial charge on any atom is 0.101 e. The minimum Gasteiger partial charge on any atom is -0.389 e. The van der Waals surface area contributed by atoms with Crippen LogP contribution in [0.15, 0.2) is 0 Å². The molecule has 3 rings (SSSR count). The Labute approximate surface area is 680 Å². The van der Waals surface area contributed by atoms with Crippen molar-refractivity contribution >= 4 is 0 Å². The molecule has 0 aromatic heterocycles. The first-order chi connectivity index (χ1) is 54.8. The second-order valence-electron chi connectivity index (χ2n) is 32.0. The lowest BCUT2D eigenvalue weighted by atomic mass is 9.88. The van der Waals surface area contributed by atoms with Crippen molar-refractivity contribution < 1.29 is 147 Å². The van der Waals surface area contributed by atoms with E-state index in [-0.39, 0.29) is 198 Å². The average Bonchev–Trinajstić information content (AvgIpc) is 0.854. The molecule has 114 heavy (non-hydrogen) atoms. The summed E-state index contributed by atoms with van der Waals surface area (Å²) in [4.78, 5) is 13.0. The van der Waals surface area contributed by atoms with Crippen molar-refractivity contribution in [2.24, 2.45) is 21.7 Å². The lowest BCUT2D eigenvalue weighted by Gasteiger charge is -2.37. The van der Waals surface area contributed by atoms with Crippen molar-refractivity contribution in [2.75, 3.05) is 359 Å². The van der Waals surface area contributed by atoms with E-state index in [0.29, 0.717) is 143 Å². The molecule has 12 atom stereocenters. The SMILES string of the molecule is CCC(COCC(O)COC)(COCC(O)COC)COCC(O)CN1CCN(CC(O)COCC(CC)(COCC(O)CN2CCN(CC(O)COCC(CC)(COCC(O)COC)COCC(O)COC)CC2)COCC(O)CN2CCN(CC(O)COCC(CC)(COCC(O)COC)COCC(O)COC)CC2)CC1. The summed E-state index contributed by atoms with van der Waals surface area (Å²) >= 11 is 0. The van der Waals surface area contributed by atoms with Crippen LogP contribution in [-0.2, 0) is 85.3 Å².